The Morgan fingerprint density at radius 1 is 1.00 bits per heavy atom. The lowest BCUT2D eigenvalue weighted by molar-refractivity contribution is -0.137. The molecule has 0 saturated carbocycles. The number of nitrogens with zero attached hydrogens (tertiary/aromatic N) is 6. The third-order valence-electron chi connectivity index (χ3n) is 7.46. The molecule has 3 aromatic heterocycles. The van der Waals surface area contributed by atoms with Gasteiger partial charge < -0.3 is 9.64 Å². The van der Waals surface area contributed by atoms with E-state index in [2.05, 4.69) is 46.1 Å². The molecule has 1 aromatic carbocycles. The van der Waals surface area contributed by atoms with Crippen LogP contribution in [0, 0.1) is 6.92 Å². The van der Waals surface area contributed by atoms with Gasteiger partial charge in [0.25, 0.3) is 0 Å². The number of ether oxygens (including phenoxy) is 1. The van der Waals surface area contributed by atoms with E-state index in [-0.39, 0.29) is 5.82 Å². The van der Waals surface area contributed by atoms with Gasteiger partial charge in [0, 0.05) is 55.2 Å². The summed E-state index contributed by atoms with van der Waals surface area (Å²) in [6, 6.07) is 11.4. The van der Waals surface area contributed by atoms with Gasteiger partial charge in [-0.2, -0.15) is 13.2 Å². The van der Waals surface area contributed by atoms with Crippen LogP contribution in [-0.4, -0.2) is 63.8 Å². The van der Waals surface area contributed by atoms with E-state index in [4.69, 9.17) is 4.74 Å². The number of hydrogen-bond donors (Lipinski definition) is 0. The second-order valence-electron chi connectivity index (χ2n) is 10.3. The van der Waals surface area contributed by atoms with Crippen LogP contribution >= 0.6 is 0 Å². The molecular formula is C29H33F3N6O. The van der Waals surface area contributed by atoms with Crippen LogP contribution in [0.25, 0.3) is 16.8 Å². The molecule has 0 radical (unpaired) electrons. The van der Waals surface area contributed by atoms with Crippen LogP contribution in [0.3, 0.4) is 0 Å². The van der Waals surface area contributed by atoms with Gasteiger partial charge in [-0.3, -0.25) is 9.30 Å². The van der Waals surface area contributed by atoms with Crippen LogP contribution in [0.5, 0.6) is 5.75 Å². The van der Waals surface area contributed by atoms with Gasteiger partial charge in [0.15, 0.2) is 5.65 Å². The molecular weight excluding hydrogens is 505 g/mol. The molecule has 1 aliphatic heterocycles. The number of halogens is 3. The van der Waals surface area contributed by atoms with Crippen LogP contribution in [0.1, 0.15) is 36.2 Å². The van der Waals surface area contributed by atoms with E-state index in [0.717, 1.165) is 29.0 Å². The number of methoxy groups -OCH3 is 1. The number of alkyl halides is 3. The van der Waals surface area contributed by atoms with E-state index >= 15 is 0 Å². The fourth-order valence-corrected chi connectivity index (χ4v) is 5.23. The number of aromatic nitrogens is 4. The first-order valence-electron chi connectivity index (χ1n) is 13.2. The topological polar surface area (TPSA) is 58.8 Å². The second kappa shape index (κ2) is 10.8. The molecule has 5 rings (SSSR count). The van der Waals surface area contributed by atoms with Gasteiger partial charge in [0.2, 0.25) is 0 Å². The SMILES string of the molecule is COc1cc(C)ccc1CCc1ccc(-c2cnc(N3CCN(C(C)C)CC3)c(C(F)(F)F)c2)c2nncn12. The third kappa shape index (κ3) is 5.56. The van der Waals surface area contributed by atoms with Crippen LogP contribution in [0.15, 0.2) is 48.9 Å². The van der Waals surface area contributed by atoms with Gasteiger partial charge in [0.1, 0.15) is 17.9 Å². The first-order chi connectivity index (χ1) is 18.7. The molecule has 1 aliphatic rings. The Balaban J connectivity index is 1.44. The molecule has 1 fully saturated rings. The molecule has 10 heteroatoms. The first kappa shape index (κ1) is 26.9. The smallest absolute Gasteiger partial charge is 0.419 e. The summed E-state index contributed by atoms with van der Waals surface area (Å²) in [4.78, 5) is 8.34. The van der Waals surface area contributed by atoms with Crippen molar-refractivity contribution < 1.29 is 17.9 Å². The summed E-state index contributed by atoms with van der Waals surface area (Å²) in [5.41, 5.74) is 3.83. The van der Waals surface area contributed by atoms with Gasteiger partial charge in [-0.25, -0.2) is 4.98 Å². The normalized spacial score (nSPS) is 14.9. The average molecular weight is 539 g/mol. The highest BCUT2D eigenvalue weighted by Gasteiger charge is 2.37. The molecule has 0 unspecified atom stereocenters. The first-order valence-corrected chi connectivity index (χ1v) is 13.2. The minimum Gasteiger partial charge on any atom is -0.496 e. The molecule has 0 amide bonds. The average Bonchev–Trinajstić information content (AvgIpc) is 3.42. The predicted octanol–water partition coefficient (Wildman–Crippen LogP) is 5.44. The Hall–Kier alpha value is -3.66. The van der Waals surface area contributed by atoms with Crippen LogP contribution in [0.2, 0.25) is 0 Å². The third-order valence-corrected chi connectivity index (χ3v) is 7.46. The number of benzene rings is 1. The molecule has 0 aliphatic carbocycles. The predicted molar refractivity (Wildman–Crippen MR) is 145 cm³/mol. The Morgan fingerprint density at radius 2 is 1.77 bits per heavy atom. The maximum absolute atomic E-state index is 14.2. The van der Waals surface area contributed by atoms with E-state index in [0.29, 0.717) is 55.4 Å². The molecule has 0 spiro atoms. The molecule has 206 valence electrons. The molecule has 7 nitrogen and oxygen atoms in total. The molecule has 39 heavy (non-hydrogen) atoms. The molecule has 0 bridgehead atoms. The van der Waals surface area contributed by atoms with Gasteiger partial charge in [-0.1, -0.05) is 12.1 Å². The number of pyridine rings is 2. The summed E-state index contributed by atoms with van der Waals surface area (Å²) in [6.45, 7) is 8.62. The lowest BCUT2D eigenvalue weighted by Gasteiger charge is -2.38. The minimum absolute atomic E-state index is 0.0178. The maximum Gasteiger partial charge on any atom is 0.419 e. The number of anilines is 1. The standard InChI is InChI=1S/C29H33F3N6O/c1-19(2)36-11-13-37(14-12-36)28-25(29(30,31)32)16-22(17-33-28)24-10-9-23(38-18-34-35-27(24)38)8-7-21-6-5-20(3)15-26(21)39-4/h5-6,9-10,15-19H,7-8,11-14H2,1-4H3. The minimum atomic E-state index is -4.54. The molecule has 4 heterocycles. The van der Waals surface area contributed by atoms with Crippen molar-refractivity contribution in [3.8, 4) is 16.9 Å². The van der Waals surface area contributed by atoms with Crippen LogP contribution < -0.4 is 9.64 Å². The molecule has 1 saturated heterocycles. The van der Waals surface area contributed by atoms with Gasteiger partial charge in [-0.15, -0.1) is 10.2 Å². The fourth-order valence-electron chi connectivity index (χ4n) is 5.23. The molecule has 4 aromatic rings. The van der Waals surface area contributed by atoms with Gasteiger partial charge in [0.05, 0.1) is 12.7 Å². The van der Waals surface area contributed by atoms with Crippen molar-refractivity contribution in [1.29, 1.82) is 0 Å². The van der Waals surface area contributed by atoms with Crippen LogP contribution in [0.4, 0.5) is 19.0 Å². The zero-order valence-electron chi connectivity index (χ0n) is 22.7. The van der Waals surface area contributed by atoms with Crippen molar-refractivity contribution in [2.75, 3.05) is 38.2 Å². The van der Waals surface area contributed by atoms with E-state index in [9.17, 15) is 13.2 Å². The van der Waals surface area contributed by atoms with Gasteiger partial charge >= 0.3 is 6.18 Å². The fraction of sp³-hybridized carbons (Fsp3) is 0.414. The number of aryl methyl sites for hydroxylation is 3. The molecule has 0 N–H and O–H groups in total. The van der Waals surface area contributed by atoms with Crippen molar-refractivity contribution >= 4 is 11.5 Å². The lowest BCUT2D eigenvalue weighted by atomic mass is 10.0. The highest BCUT2D eigenvalue weighted by molar-refractivity contribution is 5.78. The zero-order valence-corrected chi connectivity index (χ0v) is 22.7. The molecule has 0 atom stereocenters. The van der Waals surface area contributed by atoms with Crippen molar-refractivity contribution in [2.24, 2.45) is 0 Å². The van der Waals surface area contributed by atoms with Crippen LogP contribution in [-0.2, 0) is 19.0 Å². The number of fused-ring (bicyclic) bond motifs is 1. The number of piperazine rings is 1. The Bertz CT molecular complexity index is 1460. The monoisotopic (exact) mass is 538 g/mol. The Morgan fingerprint density at radius 3 is 2.46 bits per heavy atom. The van der Waals surface area contributed by atoms with Gasteiger partial charge in [-0.05, 0) is 69.0 Å². The van der Waals surface area contributed by atoms with E-state index in [1.807, 2.05) is 29.5 Å². The van der Waals surface area contributed by atoms with E-state index < -0.39 is 11.7 Å². The summed E-state index contributed by atoms with van der Waals surface area (Å²) in [5.74, 6) is 0.818. The van der Waals surface area contributed by atoms with Crippen molar-refractivity contribution in [1.82, 2.24) is 24.5 Å². The maximum atomic E-state index is 14.2. The number of rotatable bonds is 7. The summed E-state index contributed by atoms with van der Waals surface area (Å²) >= 11 is 0. The highest BCUT2D eigenvalue weighted by atomic mass is 19.4. The lowest BCUT2D eigenvalue weighted by Crippen LogP contribution is -2.49. The van der Waals surface area contributed by atoms with E-state index in [1.165, 1.54) is 12.3 Å². The summed E-state index contributed by atoms with van der Waals surface area (Å²) < 4.78 is 50.1. The van der Waals surface area contributed by atoms with Crippen molar-refractivity contribution in [3.63, 3.8) is 0 Å². The zero-order chi connectivity index (χ0) is 27.7. The number of hydrogen-bond acceptors (Lipinski definition) is 6. The summed E-state index contributed by atoms with van der Waals surface area (Å²) in [7, 11) is 1.66. The summed E-state index contributed by atoms with van der Waals surface area (Å²) in [5, 5.41) is 8.31. The highest BCUT2D eigenvalue weighted by Crippen LogP contribution is 2.39. The van der Waals surface area contributed by atoms with E-state index in [1.54, 1.807) is 18.3 Å². The second-order valence-corrected chi connectivity index (χ2v) is 10.3. The van der Waals surface area contributed by atoms with Crippen molar-refractivity contribution in [3.05, 3.63) is 71.3 Å². The summed E-state index contributed by atoms with van der Waals surface area (Å²) in [6.07, 6.45) is -0.0117. The quantitative estimate of drug-likeness (QED) is 0.312. The van der Waals surface area contributed by atoms with Crippen molar-refractivity contribution in [2.45, 2.75) is 45.8 Å². The Labute approximate surface area is 226 Å². The Kier molecular flexibility index (Phi) is 7.48. The largest absolute Gasteiger partial charge is 0.496 e.